The van der Waals surface area contributed by atoms with E-state index in [4.69, 9.17) is 0 Å². The first-order valence-corrected chi connectivity index (χ1v) is 5.87. The molecule has 1 saturated carbocycles. The van der Waals surface area contributed by atoms with Gasteiger partial charge in [-0.3, -0.25) is 0 Å². The van der Waals surface area contributed by atoms with Gasteiger partial charge in [-0.25, -0.2) is 0 Å². The molecule has 0 aliphatic heterocycles. The highest BCUT2D eigenvalue weighted by molar-refractivity contribution is 4.83. The fourth-order valence-corrected chi connectivity index (χ4v) is 2.57. The normalized spacial score (nSPS) is 21.7. The quantitative estimate of drug-likeness (QED) is 0.706. The second-order valence-corrected chi connectivity index (χ2v) is 5.14. The molecule has 0 saturated heterocycles. The Balaban J connectivity index is 2.45. The lowest BCUT2D eigenvalue weighted by molar-refractivity contribution is 0.269. The average Bonchev–Trinajstić information content (AvgIpc) is 2.50. The zero-order chi connectivity index (χ0) is 9.84. The SMILES string of the molecule is CC(C)N[C@H](C(C)C)C1CCCC1. The monoisotopic (exact) mass is 183 g/mol. The Bertz CT molecular complexity index is 134. The maximum absolute atomic E-state index is 3.72. The first-order chi connectivity index (χ1) is 6.11. The van der Waals surface area contributed by atoms with Crippen LogP contribution in [0, 0.1) is 11.8 Å². The molecule has 0 spiro atoms. The molecular weight excluding hydrogens is 158 g/mol. The van der Waals surface area contributed by atoms with Crippen LogP contribution in [0.1, 0.15) is 53.4 Å². The summed E-state index contributed by atoms with van der Waals surface area (Å²) >= 11 is 0. The summed E-state index contributed by atoms with van der Waals surface area (Å²) in [6.07, 6.45) is 5.80. The van der Waals surface area contributed by atoms with E-state index in [-0.39, 0.29) is 0 Å². The smallest absolute Gasteiger partial charge is 0.0121 e. The van der Waals surface area contributed by atoms with Crippen LogP contribution in [0.25, 0.3) is 0 Å². The van der Waals surface area contributed by atoms with Crippen molar-refractivity contribution in [2.24, 2.45) is 11.8 Å². The van der Waals surface area contributed by atoms with Crippen molar-refractivity contribution in [2.45, 2.75) is 65.5 Å². The van der Waals surface area contributed by atoms with Gasteiger partial charge in [-0.2, -0.15) is 0 Å². The molecule has 78 valence electrons. The fourth-order valence-electron chi connectivity index (χ4n) is 2.57. The maximum atomic E-state index is 3.72. The van der Waals surface area contributed by atoms with Crippen LogP contribution in [0.5, 0.6) is 0 Å². The van der Waals surface area contributed by atoms with Crippen LogP contribution in [0.3, 0.4) is 0 Å². The summed E-state index contributed by atoms with van der Waals surface area (Å²) in [6.45, 7) is 9.20. The second-order valence-electron chi connectivity index (χ2n) is 5.14. The highest BCUT2D eigenvalue weighted by Crippen LogP contribution is 2.30. The fraction of sp³-hybridized carbons (Fsp3) is 1.00. The molecular formula is C12H25N. The van der Waals surface area contributed by atoms with Crippen LogP contribution in [-0.2, 0) is 0 Å². The van der Waals surface area contributed by atoms with Crippen LogP contribution in [0.4, 0.5) is 0 Å². The van der Waals surface area contributed by atoms with Crippen LogP contribution in [-0.4, -0.2) is 12.1 Å². The van der Waals surface area contributed by atoms with E-state index in [1.54, 1.807) is 0 Å². The maximum Gasteiger partial charge on any atom is 0.0121 e. The number of rotatable bonds is 4. The topological polar surface area (TPSA) is 12.0 Å². The Kier molecular flexibility index (Phi) is 4.24. The Hall–Kier alpha value is -0.0400. The minimum absolute atomic E-state index is 0.632. The van der Waals surface area contributed by atoms with E-state index in [1.165, 1.54) is 25.7 Å². The molecule has 0 unspecified atom stereocenters. The van der Waals surface area contributed by atoms with Crippen molar-refractivity contribution >= 4 is 0 Å². The van der Waals surface area contributed by atoms with Gasteiger partial charge in [0.2, 0.25) is 0 Å². The number of hydrogen-bond acceptors (Lipinski definition) is 1. The van der Waals surface area contributed by atoms with Crippen molar-refractivity contribution in [1.29, 1.82) is 0 Å². The van der Waals surface area contributed by atoms with E-state index in [2.05, 4.69) is 33.0 Å². The standard InChI is InChI=1S/C12H25N/c1-9(2)12(13-10(3)4)11-7-5-6-8-11/h9-13H,5-8H2,1-4H3/t12-/m1/s1. The molecule has 1 nitrogen and oxygen atoms in total. The molecule has 0 bridgehead atoms. The molecule has 1 aliphatic carbocycles. The minimum Gasteiger partial charge on any atom is -0.311 e. The molecule has 1 N–H and O–H groups in total. The number of nitrogens with one attached hydrogen (secondary N) is 1. The van der Waals surface area contributed by atoms with Crippen LogP contribution < -0.4 is 5.32 Å². The molecule has 0 aromatic heterocycles. The molecule has 0 aromatic rings. The lowest BCUT2D eigenvalue weighted by Crippen LogP contribution is -2.43. The molecule has 13 heavy (non-hydrogen) atoms. The van der Waals surface area contributed by atoms with E-state index < -0.39 is 0 Å². The van der Waals surface area contributed by atoms with Gasteiger partial charge >= 0.3 is 0 Å². The Labute approximate surface area is 83.3 Å². The van der Waals surface area contributed by atoms with Crippen LogP contribution in [0.15, 0.2) is 0 Å². The predicted octanol–water partition coefficient (Wildman–Crippen LogP) is 3.20. The van der Waals surface area contributed by atoms with Gasteiger partial charge in [-0.1, -0.05) is 40.5 Å². The third kappa shape index (κ3) is 3.30. The van der Waals surface area contributed by atoms with Gasteiger partial charge in [0.15, 0.2) is 0 Å². The molecule has 1 aliphatic rings. The Morgan fingerprint density at radius 1 is 1.00 bits per heavy atom. The molecule has 0 radical (unpaired) electrons. The summed E-state index contributed by atoms with van der Waals surface area (Å²) in [5.74, 6) is 1.73. The van der Waals surface area contributed by atoms with E-state index in [9.17, 15) is 0 Å². The zero-order valence-electron chi connectivity index (χ0n) is 9.64. The highest BCUT2D eigenvalue weighted by Gasteiger charge is 2.27. The van der Waals surface area contributed by atoms with Crippen molar-refractivity contribution in [3.8, 4) is 0 Å². The molecule has 1 rings (SSSR count). The summed E-state index contributed by atoms with van der Waals surface area (Å²) < 4.78 is 0. The lowest BCUT2D eigenvalue weighted by atomic mass is 9.89. The third-order valence-corrected chi connectivity index (χ3v) is 3.15. The first kappa shape index (κ1) is 11.0. The van der Waals surface area contributed by atoms with E-state index >= 15 is 0 Å². The van der Waals surface area contributed by atoms with E-state index in [1.807, 2.05) is 0 Å². The third-order valence-electron chi connectivity index (χ3n) is 3.15. The number of hydrogen-bond donors (Lipinski definition) is 1. The Morgan fingerprint density at radius 2 is 1.54 bits per heavy atom. The van der Waals surface area contributed by atoms with Gasteiger partial charge < -0.3 is 5.32 Å². The predicted molar refractivity (Wildman–Crippen MR) is 58.9 cm³/mol. The minimum atomic E-state index is 0.632. The highest BCUT2D eigenvalue weighted by atomic mass is 14.9. The first-order valence-electron chi connectivity index (χ1n) is 5.87. The van der Waals surface area contributed by atoms with Gasteiger partial charge in [0.05, 0.1) is 0 Å². The molecule has 0 amide bonds. The van der Waals surface area contributed by atoms with Gasteiger partial charge in [0, 0.05) is 12.1 Å². The van der Waals surface area contributed by atoms with E-state index in [0.29, 0.717) is 6.04 Å². The molecule has 0 heterocycles. The van der Waals surface area contributed by atoms with E-state index in [0.717, 1.165) is 17.9 Å². The van der Waals surface area contributed by atoms with Crippen molar-refractivity contribution in [2.75, 3.05) is 0 Å². The molecule has 1 atom stereocenters. The van der Waals surface area contributed by atoms with Gasteiger partial charge in [-0.15, -0.1) is 0 Å². The van der Waals surface area contributed by atoms with Crippen molar-refractivity contribution < 1.29 is 0 Å². The molecule has 1 fully saturated rings. The summed E-state index contributed by atoms with van der Waals surface area (Å²) in [7, 11) is 0. The Morgan fingerprint density at radius 3 is 1.92 bits per heavy atom. The van der Waals surface area contributed by atoms with Crippen LogP contribution in [0.2, 0.25) is 0 Å². The second kappa shape index (κ2) is 4.99. The average molecular weight is 183 g/mol. The lowest BCUT2D eigenvalue weighted by Gasteiger charge is -2.30. The molecule has 0 aromatic carbocycles. The summed E-state index contributed by atoms with van der Waals surface area (Å²) in [5.41, 5.74) is 0. The summed E-state index contributed by atoms with van der Waals surface area (Å²) in [4.78, 5) is 0. The molecule has 1 heteroatoms. The van der Waals surface area contributed by atoms with Crippen LogP contribution >= 0.6 is 0 Å². The van der Waals surface area contributed by atoms with Gasteiger partial charge in [-0.05, 0) is 24.7 Å². The van der Waals surface area contributed by atoms with Crippen molar-refractivity contribution in [1.82, 2.24) is 5.32 Å². The van der Waals surface area contributed by atoms with Gasteiger partial charge in [0.25, 0.3) is 0 Å². The van der Waals surface area contributed by atoms with Crippen molar-refractivity contribution in [3.05, 3.63) is 0 Å². The zero-order valence-corrected chi connectivity index (χ0v) is 9.64. The summed E-state index contributed by atoms with van der Waals surface area (Å²) in [6, 6.07) is 1.38. The largest absolute Gasteiger partial charge is 0.311 e. The summed E-state index contributed by atoms with van der Waals surface area (Å²) in [5, 5.41) is 3.72. The van der Waals surface area contributed by atoms with Gasteiger partial charge in [0.1, 0.15) is 0 Å². The van der Waals surface area contributed by atoms with Crippen molar-refractivity contribution in [3.63, 3.8) is 0 Å².